The molecule has 1 aromatic carbocycles. The van der Waals surface area contributed by atoms with Gasteiger partial charge in [0.1, 0.15) is 5.78 Å². The molecule has 0 aliphatic rings. The van der Waals surface area contributed by atoms with Crippen LogP contribution in [0.15, 0.2) is 35.3 Å². The summed E-state index contributed by atoms with van der Waals surface area (Å²) in [6, 6.07) is 7.54. The summed E-state index contributed by atoms with van der Waals surface area (Å²) >= 11 is 0. The second-order valence-electron chi connectivity index (χ2n) is 4.23. The maximum atomic E-state index is 11.8. The van der Waals surface area contributed by atoms with Gasteiger partial charge in [-0.05, 0) is 18.6 Å². The van der Waals surface area contributed by atoms with Gasteiger partial charge in [-0.15, -0.1) is 0 Å². The van der Waals surface area contributed by atoms with Crippen LogP contribution in [0.25, 0.3) is 11.0 Å². The fraction of sp³-hybridized carbons (Fsp3) is 0.357. The zero-order valence-corrected chi connectivity index (χ0v) is 10.4. The molecule has 0 aliphatic heterocycles. The molecule has 0 bridgehead atoms. The summed E-state index contributed by atoms with van der Waals surface area (Å²) in [4.78, 5) is 27.1. The van der Waals surface area contributed by atoms with E-state index in [0.29, 0.717) is 25.8 Å². The van der Waals surface area contributed by atoms with Crippen LogP contribution in [0.2, 0.25) is 0 Å². The van der Waals surface area contributed by atoms with Crippen LogP contribution in [-0.2, 0) is 11.3 Å². The third-order valence-corrected chi connectivity index (χ3v) is 2.98. The predicted molar refractivity (Wildman–Crippen MR) is 70.5 cm³/mol. The molecule has 18 heavy (non-hydrogen) atoms. The highest BCUT2D eigenvalue weighted by molar-refractivity contribution is 5.78. The zero-order chi connectivity index (χ0) is 13.0. The Morgan fingerprint density at radius 3 is 2.89 bits per heavy atom. The van der Waals surface area contributed by atoms with Gasteiger partial charge in [-0.3, -0.25) is 9.59 Å². The second-order valence-corrected chi connectivity index (χ2v) is 4.23. The Bertz CT molecular complexity index is 616. The molecule has 2 aromatic rings. The van der Waals surface area contributed by atoms with Crippen molar-refractivity contribution in [3.8, 4) is 0 Å². The van der Waals surface area contributed by atoms with E-state index in [-0.39, 0.29) is 11.3 Å². The number of ketones is 1. The topological polar surface area (TPSA) is 52.0 Å². The summed E-state index contributed by atoms with van der Waals surface area (Å²) in [6.45, 7) is 2.42. The van der Waals surface area contributed by atoms with Gasteiger partial charge < -0.3 is 4.57 Å². The summed E-state index contributed by atoms with van der Waals surface area (Å²) in [5.41, 5.74) is 1.52. The molecule has 0 saturated heterocycles. The van der Waals surface area contributed by atoms with Crippen molar-refractivity contribution in [1.29, 1.82) is 0 Å². The van der Waals surface area contributed by atoms with Gasteiger partial charge in [0.2, 0.25) is 0 Å². The number of hydrogen-bond acceptors (Lipinski definition) is 3. The lowest BCUT2D eigenvalue weighted by Crippen LogP contribution is -2.20. The van der Waals surface area contributed by atoms with Crippen LogP contribution in [0.5, 0.6) is 0 Å². The Labute approximate surface area is 105 Å². The van der Waals surface area contributed by atoms with Crippen LogP contribution in [0.1, 0.15) is 26.2 Å². The molecule has 2 rings (SSSR count). The average molecular weight is 244 g/mol. The maximum Gasteiger partial charge on any atom is 0.269 e. The van der Waals surface area contributed by atoms with E-state index in [0.717, 1.165) is 11.0 Å². The van der Waals surface area contributed by atoms with Crippen LogP contribution >= 0.6 is 0 Å². The lowest BCUT2D eigenvalue weighted by atomic mass is 10.2. The summed E-state index contributed by atoms with van der Waals surface area (Å²) in [5.74, 6) is 0.237. The molecule has 4 nitrogen and oxygen atoms in total. The minimum Gasteiger partial charge on any atom is -0.305 e. The molecular formula is C14H16N2O2. The van der Waals surface area contributed by atoms with E-state index in [9.17, 15) is 9.59 Å². The number of fused-ring (bicyclic) bond motifs is 1. The monoisotopic (exact) mass is 244 g/mol. The third-order valence-electron chi connectivity index (χ3n) is 2.98. The van der Waals surface area contributed by atoms with E-state index in [1.807, 2.05) is 31.2 Å². The molecule has 0 spiro atoms. The first-order valence-electron chi connectivity index (χ1n) is 6.18. The van der Waals surface area contributed by atoms with Gasteiger partial charge in [-0.1, -0.05) is 19.1 Å². The summed E-state index contributed by atoms with van der Waals surface area (Å²) in [5, 5.41) is 0. The number of carbonyl (C=O) groups is 1. The smallest absolute Gasteiger partial charge is 0.269 e. The SMILES string of the molecule is CCC(=O)CCCn1c(=O)cnc2ccccc21. The standard InChI is InChI=1S/C14H16N2O2/c1-2-11(17)6-5-9-16-13-8-4-3-7-12(13)15-10-14(16)18/h3-4,7-8,10H,2,5-6,9H2,1H3. The zero-order valence-electron chi connectivity index (χ0n) is 10.4. The number of benzene rings is 1. The maximum absolute atomic E-state index is 11.8. The third kappa shape index (κ3) is 2.64. The Morgan fingerprint density at radius 1 is 1.33 bits per heavy atom. The van der Waals surface area contributed by atoms with Crippen LogP contribution in [-0.4, -0.2) is 15.3 Å². The molecule has 94 valence electrons. The largest absolute Gasteiger partial charge is 0.305 e. The first-order chi connectivity index (χ1) is 8.72. The first-order valence-corrected chi connectivity index (χ1v) is 6.18. The van der Waals surface area contributed by atoms with Crippen molar-refractivity contribution >= 4 is 16.8 Å². The van der Waals surface area contributed by atoms with Crippen molar-refractivity contribution in [2.45, 2.75) is 32.7 Å². The minimum absolute atomic E-state index is 0.113. The molecule has 0 N–H and O–H groups in total. The number of rotatable bonds is 5. The molecule has 0 amide bonds. The van der Waals surface area contributed by atoms with Crippen molar-refractivity contribution in [3.63, 3.8) is 0 Å². The molecule has 0 atom stereocenters. The highest BCUT2D eigenvalue weighted by Gasteiger charge is 2.04. The summed E-state index contributed by atoms with van der Waals surface area (Å²) in [7, 11) is 0. The van der Waals surface area contributed by atoms with Crippen molar-refractivity contribution in [2.24, 2.45) is 0 Å². The molecule has 0 fully saturated rings. The van der Waals surface area contributed by atoms with Crippen LogP contribution in [0.4, 0.5) is 0 Å². The fourth-order valence-electron chi connectivity index (χ4n) is 1.96. The van der Waals surface area contributed by atoms with Gasteiger partial charge in [-0.25, -0.2) is 4.98 Å². The van der Waals surface area contributed by atoms with Gasteiger partial charge in [0.25, 0.3) is 5.56 Å². The normalized spacial score (nSPS) is 10.7. The number of aryl methyl sites for hydroxylation is 1. The number of Topliss-reactive ketones (excluding diaryl/α,β-unsaturated/α-hetero) is 1. The van der Waals surface area contributed by atoms with Crippen molar-refractivity contribution < 1.29 is 4.79 Å². The van der Waals surface area contributed by atoms with Crippen molar-refractivity contribution in [2.75, 3.05) is 0 Å². The van der Waals surface area contributed by atoms with Crippen LogP contribution in [0, 0.1) is 0 Å². The highest BCUT2D eigenvalue weighted by atomic mass is 16.1. The Morgan fingerprint density at radius 2 is 2.11 bits per heavy atom. The molecule has 1 aromatic heterocycles. The predicted octanol–water partition coefficient (Wildman–Crippen LogP) is 2.16. The number of hydrogen-bond donors (Lipinski definition) is 0. The van der Waals surface area contributed by atoms with Crippen LogP contribution in [0.3, 0.4) is 0 Å². The lowest BCUT2D eigenvalue weighted by Gasteiger charge is -2.08. The molecule has 1 heterocycles. The quantitative estimate of drug-likeness (QED) is 0.809. The molecule has 0 radical (unpaired) electrons. The number of carbonyl (C=O) groups excluding carboxylic acids is 1. The highest BCUT2D eigenvalue weighted by Crippen LogP contribution is 2.09. The second kappa shape index (κ2) is 5.58. The van der Waals surface area contributed by atoms with Gasteiger partial charge >= 0.3 is 0 Å². The number of aromatic nitrogens is 2. The molecule has 4 heteroatoms. The first kappa shape index (κ1) is 12.5. The lowest BCUT2D eigenvalue weighted by molar-refractivity contribution is -0.118. The van der Waals surface area contributed by atoms with E-state index >= 15 is 0 Å². The van der Waals surface area contributed by atoms with E-state index in [2.05, 4.69) is 4.98 Å². The van der Waals surface area contributed by atoms with Gasteiger partial charge in [-0.2, -0.15) is 0 Å². The Balaban J connectivity index is 2.24. The molecule has 0 saturated carbocycles. The van der Waals surface area contributed by atoms with Gasteiger partial charge in [0.15, 0.2) is 0 Å². The number of nitrogens with zero attached hydrogens (tertiary/aromatic N) is 2. The van der Waals surface area contributed by atoms with Crippen molar-refractivity contribution in [1.82, 2.24) is 9.55 Å². The van der Waals surface area contributed by atoms with E-state index < -0.39 is 0 Å². The number of para-hydroxylation sites is 2. The van der Waals surface area contributed by atoms with Gasteiger partial charge in [0, 0.05) is 19.4 Å². The van der Waals surface area contributed by atoms with Crippen molar-refractivity contribution in [3.05, 3.63) is 40.8 Å². The summed E-state index contributed by atoms with van der Waals surface area (Å²) < 4.78 is 1.69. The van der Waals surface area contributed by atoms with Gasteiger partial charge in [0.05, 0.1) is 17.2 Å². The minimum atomic E-state index is -0.113. The summed E-state index contributed by atoms with van der Waals surface area (Å²) in [6.07, 6.45) is 3.12. The Hall–Kier alpha value is -1.97. The molecular weight excluding hydrogens is 228 g/mol. The fourth-order valence-corrected chi connectivity index (χ4v) is 1.96. The molecule has 0 unspecified atom stereocenters. The van der Waals surface area contributed by atoms with Crippen LogP contribution < -0.4 is 5.56 Å². The molecule has 0 aliphatic carbocycles. The van der Waals surface area contributed by atoms with E-state index in [1.165, 1.54) is 6.20 Å². The van der Waals surface area contributed by atoms with E-state index in [4.69, 9.17) is 0 Å². The van der Waals surface area contributed by atoms with E-state index in [1.54, 1.807) is 4.57 Å². The Kier molecular flexibility index (Phi) is 3.87. The average Bonchev–Trinajstić information content (AvgIpc) is 2.41.